The lowest BCUT2D eigenvalue weighted by atomic mass is 9.96. The minimum absolute atomic E-state index is 0.197. The van der Waals surface area contributed by atoms with E-state index in [1.54, 1.807) is 18.6 Å². The molecule has 3 heterocycles. The molecule has 4 aromatic rings. The van der Waals surface area contributed by atoms with Gasteiger partial charge >= 0.3 is 0 Å². The fourth-order valence-electron chi connectivity index (χ4n) is 4.31. The summed E-state index contributed by atoms with van der Waals surface area (Å²) in [6.45, 7) is 9.65. The maximum absolute atomic E-state index is 12.2. The number of nitrogens with zero attached hydrogens (tertiary/aromatic N) is 3. The highest BCUT2D eigenvalue weighted by atomic mass is 16.1. The lowest BCUT2D eigenvalue weighted by molar-refractivity contribution is 0.308. The number of aromatic amines is 3. The molecule has 0 aliphatic heterocycles. The van der Waals surface area contributed by atoms with Crippen molar-refractivity contribution < 1.29 is 0 Å². The second kappa shape index (κ2) is 9.78. The highest BCUT2D eigenvalue weighted by Crippen LogP contribution is 2.33. The third-order valence-corrected chi connectivity index (χ3v) is 6.05. The Kier molecular flexibility index (Phi) is 6.66. The van der Waals surface area contributed by atoms with E-state index in [-0.39, 0.29) is 5.56 Å². The van der Waals surface area contributed by atoms with Gasteiger partial charge < -0.3 is 15.0 Å². The number of benzene rings is 1. The number of hydrogen-bond acceptors (Lipinski definition) is 4. The van der Waals surface area contributed by atoms with Crippen molar-refractivity contribution in [2.24, 2.45) is 0 Å². The summed E-state index contributed by atoms with van der Waals surface area (Å²) in [5.74, 6) is 0. The van der Waals surface area contributed by atoms with E-state index in [0.717, 1.165) is 37.4 Å². The van der Waals surface area contributed by atoms with Crippen molar-refractivity contribution in [2.45, 2.75) is 33.6 Å². The third kappa shape index (κ3) is 4.43. The van der Waals surface area contributed by atoms with Gasteiger partial charge in [-0.15, -0.1) is 0 Å². The van der Waals surface area contributed by atoms with Crippen LogP contribution in [0.2, 0.25) is 0 Å². The normalized spacial score (nSPS) is 11.4. The minimum atomic E-state index is -0.197. The summed E-state index contributed by atoms with van der Waals surface area (Å²) >= 11 is 0. The van der Waals surface area contributed by atoms with Crippen LogP contribution in [0.4, 0.5) is 0 Å². The van der Waals surface area contributed by atoms with Gasteiger partial charge in [-0.05, 0) is 37.6 Å². The average molecular weight is 431 g/mol. The van der Waals surface area contributed by atoms with E-state index in [1.165, 1.54) is 22.4 Å². The van der Waals surface area contributed by atoms with Crippen molar-refractivity contribution in [1.82, 2.24) is 30.0 Å². The van der Waals surface area contributed by atoms with Crippen molar-refractivity contribution in [3.63, 3.8) is 0 Å². The Labute approximate surface area is 187 Å². The van der Waals surface area contributed by atoms with Gasteiger partial charge in [0.25, 0.3) is 5.56 Å². The molecule has 32 heavy (non-hydrogen) atoms. The molecule has 0 fully saturated rings. The molecule has 7 nitrogen and oxygen atoms in total. The molecule has 0 amide bonds. The standard InChI is InChI=1S/C25H30N6O/c1-4-31(5-2)14-11-19-17(3)29-21(23(19)18-9-7-6-8-10-18)15-22-24(27-13-12-26-22)20-16-28-30-25(20)32/h6-10,12-13,16,29H,4-5,11,14-15H2,1-3H3,(H2,28,30,32). The van der Waals surface area contributed by atoms with Gasteiger partial charge in [0, 0.05) is 48.5 Å². The Balaban J connectivity index is 1.77. The van der Waals surface area contributed by atoms with Gasteiger partial charge in [0.15, 0.2) is 0 Å². The van der Waals surface area contributed by atoms with E-state index in [9.17, 15) is 4.79 Å². The topological polar surface area (TPSA) is 93.5 Å². The van der Waals surface area contributed by atoms with Crippen molar-refractivity contribution >= 4 is 0 Å². The highest BCUT2D eigenvalue weighted by Gasteiger charge is 2.20. The summed E-state index contributed by atoms with van der Waals surface area (Å²) in [5.41, 5.74) is 7.70. The van der Waals surface area contributed by atoms with Crippen LogP contribution < -0.4 is 5.56 Å². The molecule has 0 bridgehead atoms. The van der Waals surface area contributed by atoms with E-state index in [1.807, 2.05) is 6.07 Å². The Hall–Kier alpha value is -3.45. The molecule has 7 heteroatoms. The molecule has 166 valence electrons. The molecule has 0 radical (unpaired) electrons. The van der Waals surface area contributed by atoms with E-state index in [4.69, 9.17) is 0 Å². The molecule has 0 spiro atoms. The van der Waals surface area contributed by atoms with Crippen LogP contribution in [0.15, 0.2) is 53.7 Å². The van der Waals surface area contributed by atoms with Gasteiger partial charge in [-0.25, -0.2) is 0 Å². The number of likely N-dealkylation sites (N-methyl/N-ethyl adjacent to an activating group) is 1. The van der Waals surface area contributed by atoms with E-state index >= 15 is 0 Å². The quantitative estimate of drug-likeness (QED) is 0.375. The van der Waals surface area contributed by atoms with Gasteiger partial charge in [0.2, 0.25) is 0 Å². The van der Waals surface area contributed by atoms with Gasteiger partial charge in [-0.1, -0.05) is 44.2 Å². The molecule has 0 saturated heterocycles. The van der Waals surface area contributed by atoms with E-state index in [2.05, 4.69) is 75.1 Å². The molecule has 4 rings (SSSR count). The molecule has 0 aliphatic carbocycles. The highest BCUT2D eigenvalue weighted by molar-refractivity contribution is 5.73. The minimum Gasteiger partial charge on any atom is -0.361 e. The van der Waals surface area contributed by atoms with E-state index < -0.39 is 0 Å². The van der Waals surface area contributed by atoms with Crippen LogP contribution in [0.5, 0.6) is 0 Å². The number of nitrogens with one attached hydrogen (secondary N) is 3. The second-order valence-corrected chi connectivity index (χ2v) is 7.91. The summed E-state index contributed by atoms with van der Waals surface area (Å²) in [4.78, 5) is 27.3. The number of aromatic nitrogens is 5. The first-order valence-corrected chi connectivity index (χ1v) is 11.2. The molecule has 3 N–H and O–H groups in total. The number of aryl methyl sites for hydroxylation is 1. The number of rotatable bonds is 9. The van der Waals surface area contributed by atoms with Gasteiger partial charge in [-0.2, -0.15) is 0 Å². The summed E-state index contributed by atoms with van der Waals surface area (Å²) < 4.78 is 0. The average Bonchev–Trinajstić information content (AvgIpc) is 3.38. The molecular weight excluding hydrogens is 400 g/mol. The van der Waals surface area contributed by atoms with E-state index in [0.29, 0.717) is 17.7 Å². The summed E-state index contributed by atoms with van der Waals surface area (Å²) in [6.07, 6.45) is 6.48. The monoisotopic (exact) mass is 430 g/mol. The van der Waals surface area contributed by atoms with Gasteiger partial charge in [0.05, 0.1) is 17.0 Å². The van der Waals surface area contributed by atoms with Gasteiger partial charge in [0.1, 0.15) is 0 Å². The molecular formula is C25H30N6O. The van der Waals surface area contributed by atoms with Crippen molar-refractivity contribution in [1.29, 1.82) is 0 Å². The van der Waals surface area contributed by atoms with Crippen molar-refractivity contribution in [2.75, 3.05) is 19.6 Å². The van der Waals surface area contributed by atoms with Crippen LogP contribution in [0, 0.1) is 6.92 Å². The van der Waals surface area contributed by atoms with Crippen LogP contribution >= 0.6 is 0 Å². The molecule has 3 aromatic heterocycles. The van der Waals surface area contributed by atoms with Crippen LogP contribution in [-0.4, -0.2) is 49.7 Å². The van der Waals surface area contributed by atoms with Gasteiger partial charge in [-0.3, -0.25) is 19.9 Å². The fraction of sp³-hybridized carbons (Fsp3) is 0.320. The Bertz CT molecular complexity index is 1220. The predicted octanol–water partition coefficient (Wildman–Crippen LogP) is 3.94. The summed E-state index contributed by atoms with van der Waals surface area (Å²) in [6, 6.07) is 10.5. The molecule has 1 aromatic carbocycles. The van der Waals surface area contributed by atoms with Crippen molar-refractivity contribution in [3.8, 4) is 22.4 Å². The number of H-pyrrole nitrogens is 3. The zero-order valence-electron chi connectivity index (χ0n) is 18.9. The van der Waals surface area contributed by atoms with Crippen molar-refractivity contribution in [3.05, 3.63) is 81.9 Å². The first kappa shape index (κ1) is 21.8. The smallest absolute Gasteiger partial charge is 0.273 e. The molecule has 0 atom stereocenters. The maximum Gasteiger partial charge on any atom is 0.273 e. The zero-order chi connectivity index (χ0) is 22.5. The summed E-state index contributed by atoms with van der Waals surface area (Å²) in [5, 5.41) is 5.34. The predicted molar refractivity (Wildman–Crippen MR) is 128 cm³/mol. The van der Waals surface area contributed by atoms with Crippen LogP contribution in [0.3, 0.4) is 0 Å². The molecule has 0 aliphatic rings. The van der Waals surface area contributed by atoms with Crippen LogP contribution in [0.1, 0.15) is 36.5 Å². The molecule has 0 unspecified atom stereocenters. The number of hydrogen-bond donors (Lipinski definition) is 3. The lowest BCUT2D eigenvalue weighted by Gasteiger charge is -2.18. The molecule has 0 saturated carbocycles. The first-order valence-electron chi connectivity index (χ1n) is 11.2. The Morgan fingerprint density at radius 1 is 1.03 bits per heavy atom. The zero-order valence-corrected chi connectivity index (χ0v) is 18.9. The Morgan fingerprint density at radius 3 is 2.47 bits per heavy atom. The third-order valence-electron chi connectivity index (χ3n) is 6.05. The van der Waals surface area contributed by atoms with Crippen LogP contribution in [-0.2, 0) is 12.8 Å². The lowest BCUT2D eigenvalue weighted by Crippen LogP contribution is -2.25. The summed E-state index contributed by atoms with van der Waals surface area (Å²) in [7, 11) is 0. The maximum atomic E-state index is 12.2. The Morgan fingerprint density at radius 2 is 1.78 bits per heavy atom. The SMILES string of the molecule is CCN(CC)CCc1c(C)[nH]c(Cc2nccnc2-c2c[nH][nH]c2=O)c1-c1ccccc1. The second-order valence-electron chi connectivity index (χ2n) is 7.91. The van der Waals surface area contributed by atoms with Crippen LogP contribution in [0.25, 0.3) is 22.4 Å². The largest absolute Gasteiger partial charge is 0.361 e. The fourth-order valence-corrected chi connectivity index (χ4v) is 4.31. The first-order chi connectivity index (χ1) is 15.6.